The molecule has 4 rings (SSSR count). The van der Waals surface area contributed by atoms with E-state index in [9.17, 15) is 14.4 Å². The SMILES string of the molecule is CC1(C)CC(=O)N(CCc2ccccc2)c2ccc(C(=O)C=Cc3ccc(C(=O)O)cc3)cc21. The maximum Gasteiger partial charge on any atom is 0.335 e. The van der Waals surface area contributed by atoms with Crippen LogP contribution >= 0.6 is 0 Å². The van der Waals surface area contributed by atoms with Gasteiger partial charge in [-0.15, -0.1) is 0 Å². The van der Waals surface area contributed by atoms with Gasteiger partial charge in [0.25, 0.3) is 0 Å². The molecule has 0 aliphatic carbocycles. The molecule has 0 atom stereocenters. The fourth-order valence-corrected chi connectivity index (χ4v) is 4.31. The molecule has 0 bridgehead atoms. The third-order valence-electron chi connectivity index (χ3n) is 6.25. The first kappa shape index (κ1) is 23.2. The Morgan fingerprint density at radius 3 is 2.32 bits per heavy atom. The first-order valence-corrected chi connectivity index (χ1v) is 11.3. The number of hydrogen-bond acceptors (Lipinski definition) is 3. The highest BCUT2D eigenvalue weighted by Crippen LogP contribution is 2.41. The number of fused-ring (bicyclic) bond motifs is 1. The van der Waals surface area contributed by atoms with Crippen molar-refractivity contribution in [3.63, 3.8) is 0 Å². The van der Waals surface area contributed by atoms with Crippen LogP contribution in [0, 0.1) is 0 Å². The summed E-state index contributed by atoms with van der Waals surface area (Å²) >= 11 is 0. The van der Waals surface area contributed by atoms with Crippen molar-refractivity contribution in [3.8, 4) is 0 Å². The van der Waals surface area contributed by atoms with Gasteiger partial charge in [-0.25, -0.2) is 4.79 Å². The van der Waals surface area contributed by atoms with Gasteiger partial charge < -0.3 is 10.0 Å². The van der Waals surface area contributed by atoms with Crippen LogP contribution in [0.4, 0.5) is 5.69 Å². The van der Waals surface area contributed by atoms with E-state index < -0.39 is 5.97 Å². The van der Waals surface area contributed by atoms with Crippen LogP contribution < -0.4 is 4.90 Å². The van der Waals surface area contributed by atoms with Crippen LogP contribution in [0.2, 0.25) is 0 Å². The first-order valence-electron chi connectivity index (χ1n) is 11.3. The molecule has 172 valence electrons. The zero-order chi connectivity index (χ0) is 24.3. The molecular weight excluding hydrogens is 426 g/mol. The van der Waals surface area contributed by atoms with Crippen molar-refractivity contribution in [3.05, 3.63) is 107 Å². The van der Waals surface area contributed by atoms with Crippen molar-refractivity contribution >= 4 is 29.4 Å². The Balaban J connectivity index is 1.56. The molecule has 0 unspecified atom stereocenters. The fourth-order valence-electron chi connectivity index (χ4n) is 4.31. The minimum Gasteiger partial charge on any atom is -0.478 e. The Labute approximate surface area is 199 Å². The Hall–Kier alpha value is -3.99. The highest BCUT2D eigenvalue weighted by Gasteiger charge is 2.36. The highest BCUT2D eigenvalue weighted by molar-refractivity contribution is 6.08. The van der Waals surface area contributed by atoms with Gasteiger partial charge in [0.2, 0.25) is 5.91 Å². The summed E-state index contributed by atoms with van der Waals surface area (Å²) in [5, 5.41) is 9.01. The topological polar surface area (TPSA) is 74.7 Å². The van der Waals surface area contributed by atoms with Gasteiger partial charge in [-0.2, -0.15) is 0 Å². The third-order valence-corrected chi connectivity index (χ3v) is 6.25. The molecule has 1 aliphatic heterocycles. The van der Waals surface area contributed by atoms with Gasteiger partial charge in [-0.05, 0) is 59.5 Å². The lowest BCUT2D eigenvalue weighted by Gasteiger charge is -2.39. The molecule has 0 fully saturated rings. The Morgan fingerprint density at radius 1 is 0.971 bits per heavy atom. The second kappa shape index (κ2) is 9.48. The molecule has 0 radical (unpaired) electrons. The van der Waals surface area contributed by atoms with Crippen LogP contribution in [0.3, 0.4) is 0 Å². The van der Waals surface area contributed by atoms with E-state index in [4.69, 9.17) is 5.11 Å². The Morgan fingerprint density at radius 2 is 1.65 bits per heavy atom. The fraction of sp³-hybridized carbons (Fsp3) is 0.207. The molecule has 5 nitrogen and oxygen atoms in total. The zero-order valence-corrected chi connectivity index (χ0v) is 19.3. The maximum atomic E-state index is 12.9. The molecule has 1 heterocycles. The lowest BCUT2D eigenvalue weighted by molar-refractivity contribution is -0.120. The van der Waals surface area contributed by atoms with E-state index in [2.05, 4.69) is 12.1 Å². The summed E-state index contributed by atoms with van der Waals surface area (Å²) in [6.45, 7) is 4.66. The first-order chi connectivity index (χ1) is 16.2. The van der Waals surface area contributed by atoms with Crippen molar-refractivity contribution in [2.45, 2.75) is 32.1 Å². The molecule has 1 N–H and O–H groups in total. The standard InChI is InChI=1S/C29H27NO4/c1-29(2)19-27(32)30(17-16-20-6-4-3-5-7-20)25-14-13-23(18-24(25)29)26(31)15-10-21-8-11-22(12-9-21)28(33)34/h3-15,18H,16-17,19H2,1-2H3,(H,33,34). The summed E-state index contributed by atoms with van der Waals surface area (Å²) in [5.74, 6) is -1.04. The number of allylic oxidation sites excluding steroid dienone is 1. The van der Waals surface area contributed by atoms with Gasteiger partial charge in [-0.1, -0.05) is 62.4 Å². The Kier molecular flexibility index (Phi) is 6.46. The van der Waals surface area contributed by atoms with Crippen LogP contribution in [0.1, 0.15) is 57.7 Å². The number of hydrogen-bond donors (Lipinski definition) is 1. The highest BCUT2D eigenvalue weighted by atomic mass is 16.4. The minimum atomic E-state index is -0.987. The molecule has 1 aliphatic rings. The summed E-state index contributed by atoms with van der Waals surface area (Å²) < 4.78 is 0. The molecule has 34 heavy (non-hydrogen) atoms. The van der Waals surface area contributed by atoms with Gasteiger partial charge in [0.05, 0.1) is 5.56 Å². The van der Waals surface area contributed by atoms with Crippen molar-refractivity contribution in [1.82, 2.24) is 0 Å². The second-order valence-corrected chi connectivity index (χ2v) is 9.20. The summed E-state index contributed by atoms with van der Waals surface area (Å²) in [7, 11) is 0. The number of anilines is 1. The van der Waals surface area contributed by atoms with Gasteiger partial charge >= 0.3 is 5.97 Å². The molecular formula is C29H27NO4. The van der Waals surface area contributed by atoms with Gasteiger partial charge in [-0.3, -0.25) is 9.59 Å². The molecule has 3 aromatic carbocycles. The van der Waals surface area contributed by atoms with E-state index >= 15 is 0 Å². The number of aromatic carboxylic acids is 1. The van der Waals surface area contributed by atoms with E-state index in [-0.39, 0.29) is 22.7 Å². The van der Waals surface area contributed by atoms with Crippen LogP contribution in [-0.4, -0.2) is 29.3 Å². The number of amides is 1. The average molecular weight is 454 g/mol. The lowest BCUT2D eigenvalue weighted by atomic mass is 9.76. The molecule has 0 saturated heterocycles. The van der Waals surface area contributed by atoms with Gasteiger partial charge in [0.15, 0.2) is 5.78 Å². The van der Waals surface area contributed by atoms with E-state index in [1.165, 1.54) is 23.8 Å². The number of nitrogens with zero attached hydrogens (tertiary/aromatic N) is 1. The molecule has 3 aromatic rings. The normalized spacial score (nSPS) is 14.8. The van der Waals surface area contributed by atoms with Gasteiger partial charge in [0.1, 0.15) is 0 Å². The smallest absolute Gasteiger partial charge is 0.335 e. The second-order valence-electron chi connectivity index (χ2n) is 9.20. The van der Waals surface area contributed by atoms with Crippen LogP contribution in [0.5, 0.6) is 0 Å². The Bertz CT molecular complexity index is 1260. The van der Waals surface area contributed by atoms with Gasteiger partial charge in [0, 0.05) is 29.6 Å². The molecule has 0 saturated carbocycles. The van der Waals surface area contributed by atoms with E-state index in [1.807, 2.05) is 49.1 Å². The van der Waals surface area contributed by atoms with E-state index in [1.54, 1.807) is 24.3 Å². The van der Waals surface area contributed by atoms with Crippen molar-refractivity contribution in [2.24, 2.45) is 0 Å². The number of benzene rings is 3. The number of rotatable bonds is 7. The van der Waals surface area contributed by atoms with Crippen LogP contribution in [0.25, 0.3) is 6.08 Å². The summed E-state index contributed by atoms with van der Waals surface area (Å²) in [4.78, 5) is 38.7. The van der Waals surface area contributed by atoms with E-state index in [0.717, 1.165) is 23.2 Å². The molecule has 0 aromatic heterocycles. The van der Waals surface area contributed by atoms with E-state index in [0.29, 0.717) is 18.5 Å². The van der Waals surface area contributed by atoms with Crippen molar-refractivity contribution in [1.29, 1.82) is 0 Å². The molecule has 1 amide bonds. The summed E-state index contributed by atoms with van der Waals surface area (Å²) in [5.41, 5.74) is 4.16. The molecule has 5 heteroatoms. The minimum absolute atomic E-state index is 0.0946. The number of carboxylic acid groups (broad SMARTS) is 1. The van der Waals surface area contributed by atoms with Crippen molar-refractivity contribution < 1.29 is 19.5 Å². The lowest BCUT2D eigenvalue weighted by Crippen LogP contribution is -2.43. The molecule has 0 spiro atoms. The number of carbonyl (C=O) groups excluding carboxylic acids is 2. The quantitative estimate of drug-likeness (QED) is 0.377. The maximum absolute atomic E-state index is 12.9. The predicted octanol–water partition coefficient (Wildman–Crippen LogP) is 5.54. The summed E-state index contributed by atoms with van der Waals surface area (Å²) in [6.07, 6.45) is 4.31. The third kappa shape index (κ3) is 4.99. The monoisotopic (exact) mass is 453 g/mol. The largest absolute Gasteiger partial charge is 0.478 e. The van der Waals surface area contributed by atoms with Crippen LogP contribution in [-0.2, 0) is 16.6 Å². The number of ketones is 1. The van der Waals surface area contributed by atoms with Crippen molar-refractivity contribution in [2.75, 3.05) is 11.4 Å². The predicted molar refractivity (Wildman–Crippen MR) is 133 cm³/mol. The number of carboxylic acids is 1. The summed E-state index contributed by atoms with van der Waals surface area (Å²) in [6, 6.07) is 22.0. The van der Waals surface area contributed by atoms with Crippen LogP contribution in [0.15, 0.2) is 78.9 Å². The average Bonchev–Trinajstić information content (AvgIpc) is 2.82. The zero-order valence-electron chi connectivity index (χ0n) is 19.3. The number of carbonyl (C=O) groups is 3.